The van der Waals surface area contributed by atoms with Gasteiger partial charge in [0.05, 0.1) is 0 Å². The highest BCUT2D eigenvalue weighted by atomic mass is 32.1. The van der Waals surface area contributed by atoms with E-state index in [1.165, 1.54) is 63.6 Å². The predicted molar refractivity (Wildman–Crippen MR) is 258 cm³/mol. The van der Waals surface area contributed by atoms with E-state index in [0.717, 1.165) is 38.9 Å². The number of hydrogen-bond donors (Lipinski definition) is 0. The van der Waals surface area contributed by atoms with Crippen LogP contribution in [0.25, 0.3) is 120 Å². The summed E-state index contributed by atoms with van der Waals surface area (Å²) in [5.41, 5.74) is 9.69. The Balaban J connectivity index is 1.04. The molecule has 0 fully saturated rings. The Bertz CT molecular complexity index is 3650. The Morgan fingerprint density at radius 3 is 1.72 bits per heavy atom. The molecule has 0 aliphatic heterocycles. The van der Waals surface area contributed by atoms with Gasteiger partial charge in [-0.15, -0.1) is 11.3 Å². The first-order valence-corrected chi connectivity index (χ1v) is 21.4. The molecule has 0 N–H and O–H groups in total. The van der Waals surface area contributed by atoms with Crippen LogP contribution in [0.4, 0.5) is 0 Å². The van der Waals surface area contributed by atoms with Gasteiger partial charge in [0.1, 0.15) is 0 Å². The van der Waals surface area contributed by atoms with Crippen LogP contribution in [-0.4, -0.2) is 15.0 Å². The van der Waals surface area contributed by atoms with Gasteiger partial charge in [0.15, 0.2) is 17.5 Å². The molecule has 2 heterocycles. The first kappa shape index (κ1) is 35.2. The third kappa shape index (κ3) is 6.07. The van der Waals surface area contributed by atoms with Crippen molar-refractivity contribution < 1.29 is 0 Å². The van der Waals surface area contributed by atoms with Gasteiger partial charge in [-0.25, -0.2) is 15.0 Å². The minimum Gasteiger partial charge on any atom is -0.208 e. The van der Waals surface area contributed by atoms with Crippen molar-refractivity contribution >= 4 is 63.8 Å². The van der Waals surface area contributed by atoms with E-state index >= 15 is 0 Å². The van der Waals surface area contributed by atoms with Gasteiger partial charge in [0, 0.05) is 36.9 Å². The summed E-state index contributed by atoms with van der Waals surface area (Å²) in [6, 6.07) is 75.8. The van der Waals surface area contributed by atoms with E-state index < -0.39 is 0 Å². The molecule has 0 spiro atoms. The zero-order chi connectivity index (χ0) is 40.3. The zero-order valence-corrected chi connectivity index (χ0v) is 33.8. The van der Waals surface area contributed by atoms with Gasteiger partial charge in [-0.2, -0.15) is 0 Å². The van der Waals surface area contributed by atoms with Gasteiger partial charge in [-0.1, -0.05) is 188 Å². The molecule has 4 heteroatoms. The van der Waals surface area contributed by atoms with Crippen LogP contribution in [0.1, 0.15) is 0 Å². The highest BCUT2D eigenvalue weighted by Gasteiger charge is 2.19. The van der Waals surface area contributed by atoms with Crippen LogP contribution >= 0.6 is 11.3 Å². The standard InChI is InChI=1S/C57H35N3S/c1-2-14-36(15-3-1)40-18-12-19-42(34-40)56-58-55(59-57(60-56)48-23-9-8-22-45(48)46-25-13-27-52-54(46)49-24-10-11-26-51(49)61-52)39-30-28-38(29-31-39)53-44-21-7-5-17-41(44)35-50-43-20-6-4-16-37(43)32-33-47(50)53/h1-35H. The van der Waals surface area contributed by atoms with Crippen molar-refractivity contribution in [1.82, 2.24) is 15.0 Å². The molecule has 12 rings (SSSR count). The van der Waals surface area contributed by atoms with Crippen LogP contribution in [0.15, 0.2) is 212 Å². The lowest BCUT2D eigenvalue weighted by atomic mass is 9.89. The van der Waals surface area contributed by atoms with Crippen molar-refractivity contribution in [3.8, 4) is 67.5 Å². The van der Waals surface area contributed by atoms with Crippen LogP contribution in [-0.2, 0) is 0 Å². The second-order valence-electron chi connectivity index (χ2n) is 15.5. The Kier molecular flexibility index (Phi) is 8.36. The molecule has 10 aromatic carbocycles. The quantitative estimate of drug-likeness (QED) is 0.124. The van der Waals surface area contributed by atoms with Crippen molar-refractivity contribution in [2.24, 2.45) is 0 Å². The number of hydrogen-bond acceptors (Lipinski definition) is 4. The summed E-state index contributed by atoms with van der Waals surface area (Å²) in [5, 5.41) is 9.95. The molecular formula is C57H35N3S. The van der Waals surface area contributed by atoms with Crippen LogP contribution in [0.5, 0.6) is 0 Å². The Labute approximate surface area is 356 Å². The molecule has 0 aliphatic rings. The second-order valence-corrected chi connectivity index (χ2v) is 16.6. The molecule has 0 bridgehead atoms. The third-order valence-electron chi connectivity index (χ3n) is 11.9. The minimum absolute atomic E-state index is 0.624. The largest absolute Gasteiger partial charge is 0.208 e. The fraction of sp³-hybridized carbons (Fsp3) is 0. The van der Waals surface area contributed by atoms with Gasteiger partial charge < -0.3 is 0 Å². The monoisotopic (exact) mass is 793 g/mol. The molecule has 0 saturated carbocycles. The first-order chi connectivity index (χ1) is 30.2. The van der Waals surface area contributed by atoms with Gasteiger partial charge in [0.2, 0.25) is 0 Å². The van der Waals surface area contributed by atoms with E-state index in [-0.39, 0.29) is 0 Å². The topological polar surface area (TPSA) is 38.7 Å². The van der Waals surface area contributed by atoms with Crippen LogP contribution in [0.3, 0.4) is 0 Å². The van der Waals surface area contributed by atoms with E-state index in [1.54, 1.807) is 0 Å². The normalized spacial score (nSPS) is 11.6. The molecule has 2 aromatic heterocycles. The summed E-state index contributed by atoms with van der Waals surface area (Å²) in [6.07, 6.45) is 0. The SMILES string of the molecule is c1ccc(-c2cccc(-c3nc(-c4ccc(-c5c6ccccc6cc6c5ccc5ccccc56)cc4)nc(-c4ccccc4-c4cccc5sc6ccccc6c45)n3)c2)cc1. The number of benzene rings is 10. The molecule has 0 saturated heterocycles. The van der Waals surface area contributed by atoms with Crippen molar-refractivity contribution in [3.05, 3.63) is 212 Å². The summed E-state index contributed by atoms with van der Waals surface area (Å²) in [5.74, 6) is 1.88. The van der Waals surface area contributed by atoms with E-state index in [0.29, 0.717) is 17.5 Å². The fourth-order valence-corrected chi connectivity index (χ4v) is 10.2. The maximum Gasteiger partial charge on any atom is 0.164 e. The minimum atomic E-state index is 0.624. The summed E-state index contributed by atoms with van der Waals surface area (Å²) >= 11 is 1.83. The highest BCUT2D eigenvalue weighted by Crippen LogP contribution is 2.43. The van der Waals surface area contributed by atoms with Gasteiger partial charge in [-0.05, 0) is 90.0 Å². The molecule has 0 unspecified atom stereocenters. The molecule has 3 nitrogen and oxygen atoms in total. The predicted octanol–water partition coefficient (Wildman–Crippen LogP) is 15.7. The maximum absolute atomic E-state index is 5.31. The summed E-state index contributed by atoms with van der Waals surface area (Å²) in [4.78, 5) is 15.8. The number of fused-ring (bicyclic) bond motifs is 7. The van der Waals surface area contributed by atoms with Gasteiger partial charge in [0.25, 0.3) is 0 Å². The maximum atomic E-state index is 5.31. The van der Waals surface area contributed by atoms with E-state index in [9.17, 15) is 0 Å². The van der Waals surface area contributed by atoms with Gasteiger partial charge in [-0.3, -0.25) is 0 Å². The molecular weight excluding hydrogens is 759 g/mol. The molecule has 61 heavy (non-hydrogen) atoms. The van der Waals surface area contributed by atoms with Crippen LogP contribution in [0.2, 0.25) is 0 Å². The van der Waals surface area contributed by atoms with E-state index in [1.807, 2.05) is 17.4 Å². The zero-order valence-electron chi connectivity index (χ0n) is 33.0. The number of aromatic nitrogens is 3. The molecule has 12 aromatic rings. The average molecular weight is 794 g/mol. The van der Waals surface area contributed by atoms with Crippen molar-refractivity contribution in [1.29, 1.82) is 0 Å². The average Bonchev–Trinajstić information content (AvgIpc) is 3.73. The lowest BCUT2D eigenvalue weighted by molar-refractivity contribution is 1.07. The van der Waals surface area contributed by atoms with Crippen LogP contribution in [0, 0.1) is 0 Å². The summed E-state index contributed by atoms with van der Waals surface area (Å²) < 4.78 is 2.54. The van der Waals surface area contributed by atoms with Crippen molar-refractivity contribution in [2.75, 3.05) is 0 Å². The van der Waals surface area contributed by atoms with E-state index in [2.05, 4.69) is 206 Å². The lowest BCUT2D eigenvalue weighted by Gasteiger charge is -2.15. The molecule has 0 radical (unpaired) electrons. The molecule has 0 aliphatic carbocycles. The third-order valence-corrected chi connectivity index (χ3v) is 13.1. The van der Waals surface area contributed by atoms with Crippen molar-refractivity contribution in [3.63, 3.8) is 0 Å². The fourth-order valence-electron chi connectivity index (χ4n) is 9.05. The van der Waals surface area contributed by atoms with Crippen molar-refractivity contribution in [2.45, 2.75) is 0 Å². The molecule has 0 amide bonds. The Morgan fingerprint density at radius 1 is 0.279 bits per heavy atom. The summed E-state index contributed by atoms with van der Waals surface area (Å²) in [6.45, 7) is 0. The highest BCUT2D eigenvalue weighted by molar-refractivity contribution is 7.25. The summed E-state index contributed by atoms with van der Waals surface area (Å²) in [7, 11) is 0. The van der Waals surface area contributed by atoms with Gasteiger partial charge >= 0.3 is 0 Å². The first-order valence-electron chi connectivity index (χ1n) is 20.6. The molecule has 0 atom stereocenters. The smallest absolute Gasteiger partial charge is 0.164 e. The molecule has 284 valence electrons. The second kappa shape index (κ2) is 14.5. The Morgan fingerprint density at radius 2 is 0.869 bits per heavy atom. The van der Waals surface area contributed by atoms with E-state index in [4.69, 9.17) is 15.0 Å². The number of rotatable bonds is 6. The number of nitrogens with zero attached hydrogens (tertiary/aromatic N) is 3. The lowest BCUT2D eigenvalue weighted by Crippen LogP contribution is -2.01. The Hall–Kier alpha value is -7.79. The number of thiophene rings is 1. The van der Waals surface area contributed by atoms with Crippen LogP contribution < -0.4 is 0 Å².